The van der Waals surface area contributed by atoms with E-state index in [-0.39, 0.29) is 11.8 Å². The van der Waals surface area contributed by atoms with Gasteiger partial charge in [-0.25, -0.2) is 0 Å². The molecule has 0 N–H and O–H groups in total. The number of aliphatic imine (C=N–C) groups is 1. The van der Waals surface area contributed by atoms with Gasteiger partial charge in [0.2, 0.25) is 5.91 Å². The van der Waals surface area contributed by atoms with Gasteiger partial charge < -0.3 is 4.74 Å². The molecule has 2 aliphatic heterocycles. The molecular weight excluding hydrogens is 264 g/mol. The van der Waals surface area contributed by atoms with Gasteiger partial charge in [-0.1, -0.05) is 23.9 Å². The molecule has 2 aliphatic rings. The number of fused-ring (bicyclic) bond motifs is 1. The average molecular weight is 276 g/mol. The van der Waals surface area contributed by atoms with Crippen molar-refractivity contribution in [2.24, 2.45) is 4.99 Å². The average Bonchev–Trinajstić information content (AvgIpc) is 2.88. The number of hydrogen-bond acceptors (Lipinski definition) is 4. The fraction of sp³-hybridized carbons (Fsp3) is 0.308. The minimum atomic E-state index is -0.812. The summed E-state index contributed by atoms with van der Waals surface area (Å²) in [6, 6.07) is 6.97. The monoisotopic (exact) mass is 276 g/mol. The van der Waals surface area contributed by atoms with Crippen molar-refractivity contribution < 1.29 is 14.3 Å². The Hall–Kier alpha value is -1.82. The summed E-state index contributed by atoms with van der Waals surface area (Å²) in [7, 11) is 1.57. The standard InChI is InChI=1S/C13H12N2O3S/c1-18-9-4-2-8(3-5-9)10-11(16)14-13-15(12(10)17)6-7-19-13/h2-5,10H,6-7H2,1H3. The van der Waals surface area contributed by atoms with Crippen molar-refractivity contribution in [1.29, 1.82) is 0 Å². The molecule has 0 bridgehead atoms. The molecule has 5 nitrogen and oxygen atoms in total. The number of benzene rings is 1. The summed E-state index contributed by atoms with van der Waals surface area (Å²) < 4.78 is 5.07. The predicted octanol–water partition coefficient (Wildman–Crippen LogP) is 1.25. The van der Waals surface area contributed by atoms with E-state index in [4.69, 9.17) is 4.74 Å². The second kappa shape index (κ2) is 4.70. The third-order valence-corrected chi connectivity index (χ3v) is 4.15. The molecule has 3 rings (SSSR count). The molecule has 1 unspecified atom stereocenters. The summed E-state index contributed by atoms with van der Waals surface area (Å²) >= 11 is 1.45. The third kappa shape index (κ3) is 2.02. The number of ether oxygens (including phenoxy) is 1. The first kappa shape index (κ1) is 12.2. The number of carbonyl (C=O) groups excluding carboxylic acids is 2. The second-order valence-corrected chi connectivity index (χ2v) is 5.34. The molecule has 1 atom stereocenters. The third-order valence-electron chi connectivity index (χ3n) is 3.19. The first-order chi connectivity index (χ1) is 9.20. The number of amidine groups is 1. The molecule has 1 aromatic rings. The molecule has 1 fully saturated rings. The Morgan fingerprint density at radius 2 is 2.05 bits per heavy atom. The second-order valence-electron chi connectivity index (χ2n) is 4.28. The minimum absolute atomic E-state index is 0.176. The van der Waals surface area contributed by atoms with E-state index in [1.165, 1.54) is 11.8 Å². The van der Waals surface area contributed by atoms with Crippen LogP contribution in [0.1, 0.15) is 11.5 Å². The van der Waals surface area contributed by atoms with E-state index >= 15 is 0 Å². The summed E-state index contributed by atoms with van der Waals surface area (Å²) in [6.45, 7) is 0.627. The molecule has 19 heavy (non-hydrogen) atoms. The van der Waals surface area contributed by atoms with Crippen LogP contribution in [0.25, 0.3) is 0 Å². The lowest BCUT2D eigenvalue weighted by atomic mass is 9.96. The number of carbonyl (C=O) groups is 2. The number of thioether (sulfide) groups is 1. The molecule has 1 saturated heterocycles. The SMILES string of the molecule is COc1ccc(C2C(=O)N=C3SCCN3C2=O)cc1. The van der Waals surface area contributed by atoms with Crippen molar-refractivity contribution >= 4 is 28.7 Å². The number of amides is 2. The lowest BCUT2D eigenvalue weighted by molar-refractivity contribution is -0.135. The first-order valence-corrected chi connectivity index (χ1v) is 6.90. The van der Waals surface area contributed by atoms with Crippen molar-refractivity contribution in [1.82, 2.24) is 4.90 Å². The summed E-state index contributed by atoms with van der Waals surface area (Å²) in [5.41, 5.74) is 0.663. The molecule has 0 radical (unpaired) electrons. The highest BCUT2D eigenvalue weighted by Crippen LogP contribution is 2.31. The van der Waals surface area contributed by atoms with Crippen LogP contribution in [-0.2, 0) is 9.59 Å². The van der Waals surface area contributed by atoms with Crippen LogP contribution in [-0.4, -0.2) is 41.3 Å². The van der Waals surface area contributed by atoms with Gasteiger partial charge in [-0.2, -0.15) is 4.99 Å². The van der Waals surface area contributed by atoms with Gasteiger partial charge in [0.05, 0.1) is 7.11 Å². The van der Waals surface area contributed by atoms with Crippen LogP contribution in [0.2, 0.25) is 0 Å². The molecule has 2 amide bonds. The van der Waals surface area contributed by atoms with E-state index in [1.54, 1.807) is 36.3 Å². The van der Waals surface area contributed by atoms with Crippen LogP contribution in [0, 0.1) is 0 Å². The van der Waals surface area contributed by atoms with Gasteiger partial charge in [0.1, 0.15) is 11.7 Å². The van der Waals surface area contributed by atoms with E-state index in [9.17, 15) is 9.59 Å². The fourth-order valence-electron chi connectivity index (χ4n) is 2.20. The fourth-order valence-corrected chi connectivity index (χ4v) is 3.15. The number of hydrogen-bond donors (Lipinski definition) is 0. The van der Waals surface area contributed by atoms with Crippen LogP contribution in [0.4, 0.5) is 0 Å². The highest BCUT2D eigenvalue weighted by Gasteiger charge is 2.41. The van der Waals surface area contributed by atoms with Crippen LogP contribution in [0.15, 0.2) is 29.3 Å². The summed E-state index contributed by atoms with van der Waals surface area (Å²) in [5.74, 6) is 0.127. The Bertz CT molecular complexity index is 568. The molecule has 0 saturated carbocycles. The molecule has 1 aromatic carbocycles. The van der Waals surface area contributed by atoms with Crippen molar-refractivity contribution in [2.75, 3.05) is 19.4 Å². The Balaban J connectivity index is 1.95. The van der Waals surface area contributed by atoms with E-state index in [0.717, 1.165) is 5.75 Å². The van der Waals surface area contributed by atoms with E-state index in [1.807, 2.05) is 0 Å². The lowest BCUT2D eigenvalue weighted by Crippen LogP contribution is -2.42. The summed E-state index contributed by atoms with van der Waals surface area (Å²) in [4.78, 5) is 30.0. The maximum absolute atomic E-state index is 12.4. The number of methoxy groups -OCH3 is 1. The highest BCUT2D eigenvalue weighted by atomic mass is 32.2. The number of rotatable bonds is 2. The van der Waals surface area contributed by atoms with Crippen molar-refractivity contribution in [3.63, 3.8) is 0 Å². The normalized spacial score (nSPS) is 22.3. The molecular formula is C13H12N2O3S. The topological polar surface area (TPSA) is 59.0 Å². The van der Waals surface area contributed by atoms with E-state index in [0.29, 0.717) is 23.0 Å². The largest absolute Gasteiger partial charge is 0.497 e. The van der Waals surface area contributed by atoms with Gasteiger partial charge in [-0.15, -0.1) is 0 Å². The lowest BCUT2D eigenvalue weighted by Gasteiger charge is -2.25. The van der Waals surface area contributed by atoms with Crippen LogP contribution >= 0.6 is 11.8 Å². The smallest absolute Gasteiger partial charge is 0.265 e. The molecule has 0 aliphatic carbocycles. The number of nitrogens with zero attached hydrogens (tertiary/aromatic N) is 2. The Morgan fingerprint density at radius 1 is 1.32 bits per heavy atom. The van der Waals surface area contributed by atoms with Gasteiger partial charge in [-0.3, -0.25) is 14.5 Å². The van der Waals surface area contributed by atoms with Gasteiger partial charge in [0, 0.05) is 12.3 Å². The van der Waals surface area contributed by atoms with Crippen molar-refractivity contribution in [3.8, 4) is 5.75 Å². The quantitative estimate of drug-likeness (QED) is 0.763. The molecule has 0 spiro atoms. The minimum Gasteiger partial charge on any atom is -0.497 e. The van der Waals surface area contributed by atoms with Crippen LogP contribution < -0.4 is 4.74 Å². The zero-order valence-corrected chi connectivity index (χ0v) is 11.1. The Morgan fingerprint density at radius 3 is 2.74 bits per heavy atom. The van der Waals surface area contributed by atoms with Crippen molar-refractivity contribution in [2.45, 2.75) is 5.92 Å². The predicted molar refractivity (Wildman–Crippen MR) is 72.3 cm³/mol. The zero-order valence-electron chi connectivity index (χ0n) is 10.3. The van der Waals surface area contributed by atoms with Crippen LogP contribution in [0.3, 0.4) is 0 Å². The van der Waals surface area contributed by atoms with Crippen LogP contribution in [0.5, 0.6) is 5.75 Å². The van der Waals surface area contributed by atoms with E-state index < -0.39 is 5.92 Å². The molecule has 2 heterocycles. The van der Waals surface area contributed by atoms with Gasteiger partial charge in [-0.05, 0) is 17.7 Å². The summed E-state index contributed by atoms with van der Waals surface area (Å²) in [5, 5.41) is 0.541. The molecule has 0 aromatic heterocycles. The van der Waals surface area contributed by atoms with Gasteiger partial charge >= 0.3 is 0 Å². The van der Waals surface area contributed by atoms with E-state index in [2.05, 4.69) is 4.99 Å². The van der Waals surface area contributed by atoms with Gasteiger partial charge in [0.15, 0.2) is 5.17 Å². The molecule has 98 valence electrons. The highest BCUT2D eigenvalue weighted by molar-refractivity contribution is 8.14. The van der Waals surface area contributed by atoms with Gasteiger partial charge in [0.25, 0.3) is 5.91 Å². The Labute approximate surface area is 114 Å². The maximum Gasteiger partial charge on any atom is 0.265 e. The molecule has 6 heteroatoms. The van der Waals surface area contributed by atoms with Crippen molar-refractivity contribution in [3.05, 3.63) is 29.8 Å². The first-order valence-electron chi connectivity index (χ1n) is 5.91. The maximum atomic E-state index is 12.4. The zero-order chi connectivity index (χ0) is 13.4. The summed E-state index contributed by atoms with van der Waals surface area (Å²) in [6.07, 6.45) is 0. The Kier molecular flexibility index (Phi) is 3.02.